The van der Waals surface area contributed by atoms with E-state index in [4.69, 9.17) is 0 Å². The molecule has 1 aromatic carbocycles. The molecular formula is C15H17F3N4S. The molecule has 1 aromatic heterocycles. The van der Waals surface area contributed by atoms with Crippen LogP contribution >= 0.6 is 11.8 Å². The largest absolute Gasteiger partial charge is 0.301 e. The molecule has 0 radical (unpaired) electrons. The summed E-state index contributed by atoms with van der Waals surface area (Å²) in [5.41, 5.74) is 0.874. The molecule has 4 nitrogen and oxygen atoms in total. The van der Waals surface area contributed by atoms with Gasteiger partial charge in [0.05, 0.1) is 5.69 Å². The average molecular weight is 342 g/mol. The maximum Gasteiger partial charge on any atom is 0.301 e. The standard InChI is InChI=1S/C15H17F3N4S/c1-11(7-8-13(16)14(17)18)9-10-23-15-19-20-21-22(15)12-5-3-2-4-6-12/h2-6,11H,7-10H2,1H3. The number of nitrogens with zero attached hydrogens (tertiary/aromatic N) is 4. The summed E-state index contributed by atoms with van der Waals surface area (Å²) in [5, 5.41) is 12.3. The highest BCUT2D eigenvalue weighted by Crippen LogP contribution is 2.24. The minimum atomic E-state index is -2.21. The molecule has 2 rings (SSSR count). The molecule has 0 amide bonds. The van der Waals surface area contributed by atoms with Crippen LogP contribution in [0.3, 0.4) is 0 Å². The highest BCUT2D eigenvalue weighted by Gasteiger charge is 2.11. The predicted molar refractivity (Wildman–Crippen MR) is 83.2 cm³/mol. The smallest absolute Gasteiger partial charge is 0.206 e. The van der Waals surface area contributed by atoms with Crippen LogP contribution in [0.1, 0.15) is 26.2 Å². The Morgan fingerprint density at radius 2 is 1.91 bits per heavy atom. The van der Waals surface area contributed by atoms with E-state index in [0.29, 0.717) is 11.6 Å². The van der Waals surface area contributed by atoms with E-state index >= 15 is 0 Å². The zero-order valence-corrected chi connectivity index (χ0v) is 13.4. The van der Waals surface area contributed by atoms with Gasteiger partial charge in [0.1, 0.15) is 0 Å². The molecule has 0 aliphatic rings. The first-order valence-corrected chi connectivity index (χ1v) is 8.22. The fourth-order valence-electron chi connectivity index (χ4n) is 1.96. The molecule has 8 heteroatoms. The number of rotatable bonds is 8. The second kappa shape index (κ2) is 8.71. The monoisotopic (exact) mass is 342 g/mol. The van der Waals surface area contributed by atoms with Crippen molar-refractivity contribution < 1.29 is 13.2 Å². The zero-order valence-electron chi connectivity index (χ0n) is 12.6. The Morgan fingerprint density at radius 3 is 2.61 bits per heavy atom. The number of hydrogen-bond acceptors (Lipinski definition) is 4. The number of halogens is 3. The Hall–Kier alpha value is -1.83. The Morgan fingerprint density at radius 1 is 1.17 bits per heavy atom. The predicted octanol–water partition coefficient (Wildman–Crippen LogP) is 4.64. The first kappa shape index (κ1) is 17.5. The molecule has 0 fully saturated rings. The van der Waals surface area contributed by atoms with E-state index in [1.807, 2.05) is 37.3 Å². The van der Waals surface area contributed by atoms with Crippen LogP contribution in [0.2, 0.25) is 0 Å². The Balaban J connectivity index is 1.81. The molecule has 0 aliphatic carbocycles. The third kappa shape index (κ3) is 5.38. The lowest BCUT2D eigenvalue weighted by atomic mass is 10.0. The Labute approximate surface area is 136 Å². The van der Waals surface area contributed by atoms with E-state index in [0.717, 1.165) is 17.9 Å². The normalized spacial score (nSPS) is 12.2. The third-order valence-corrected chi connectivity index (χ3v) is 4.30. The molecular weight excluding hydrogens is 325 g/mol. The van der Waals surface area contributed by atoms with Gasteiger partial charge in [0.2, 0.25) is 5.16 Å². The zero-order chi connectivity index (χ0) is 16.7. The van der Waals surface area contributed by atoms with Crippen molar-refractivity contribution in [3.8, 4) is 5.69 Å². The summed E-state index contributed by atoms with van der Waals surface area (Å²) in [6.45, 7) is 1.92. The van der Waals surface area contributed by atoms with Crippen molar-refractivity contribution in [2.45, 2.75) is 31.3 Å². The number of para-hydroxylation sites is 1. The van der Waals surface area contributed by atoms with Gasteiger partial charge in [-0.3, -0.25) is 0 Å². The van der Waals surface area contributed by atoms with E-state index in [1.165, 1.54) is 11.8 Å². The molecule has 1 atom stereocenters. The summed E-state index contributed by atoms with van der Waals surface area (Å²) in [6, 6.07) is 9.53. The molecule has 23 heavy (non-hydrogen) atoms. The van der Waals surface area contributed by atoms with Gasteiger partial charge in [-0.15, -0.1) is 5.10 Å². The lowest BCUT2D eigenvalue weighted by molar-refractivity contribution is 0.360. The van der Waals surface area contributed by atoms with Crippen molar-refractivity contribution in [3.05, 3.63) is 42.2 Å². The molecule has 0 N–H and O–H groups in total. The molecule has 0 saturated heterocycles. The van der Waals surface area contributed by atoms with Gasteiger partial charge in [0.15, 0.2) is 5.83 Å². The third-order valence-electron chi connectivity index (χ3n) is 3.35. The quantitative estimate of drug-likeness (QED) is 0.656. The van der Waals surface area contributed by atoms with E-state index in [2.05, 4.69) is 15.5 Å². The number of allylic oxidation sites excluding steroid dienone is 1. The van der Waals surface area contributed by atoms with Crippen molar-refractivity contribution in [1.82, 2.24) is 20.2 Å². The van der Waals surface area contributed by atoms with Crippen molar-refractivity contribution in [1.29, 1.82) is 0 Å². The number of benzene rings is 1. The summed E-state index contributed by atoms with van der Waals surface area (Å²) in [5.74, 6) is -0.427. The molecule has 0 bridgehead atoms. The van der Waals surface area contributed by atoms with Crippen LogP contribution in [0.4, 0.5) is 13.2 Å². The van der Waals surface area contributed by atoms with Crippen LogP contribution in [0.25, 0.3) is 5.69 Å². The fraction of sp³-hybridized carbons (Fsp3) is 0.400. The first-order chi connectivity index (χ1) is 11.1. The summed E-state index contributed by atoms with van der Waals surface area (Å²) in [6.07, 6.45) is -1.26. The summed E-state index contributed by atoms with van der Waals surface area (Å²) in [4.78, 5) is 0. The minimum absolute atomic E-state index is 0.147. The van der Waals surface area contributed by atoms with Gasteiger partial charge in [-0.25, -0.2) is 4.39 Å². The molecule has 1 unspecified atom stereocenters. The topological polar surface area (TPSA) is 43.6 Å². The minimum Gasteiger partial charge on any atom is -0.206 e. The van der Waals surface area contributed by atoms with Crippen molar-refractivity contribution in [2.24, 2.45) is 5.92 Å². The van der Waals surface area contributed by atoms with E-state index in [-0.39, 0.29) is 12.3 Å². The summed E-state index contributed by atoms with van der Waals surface area (Å²) in [7, 11) is 0. The first-order valence-electron chi connectivity index (χ1n) is 7.24. The lowest BCUT2D eigenvalue weighted by Crippen LogP contribution is -2.01. The van der Waals surface area contributed by atoms with Crippen LogP contribution in [-0.2, 0) is 0 Å². The van der Waals surface area contributed by atoms with Gasteiger partial charge in [0, 0.05) is 12.2 Å². The summed E-state index contributed by atoms with van der Waals surface area (Å²) < 4.78 is 38.4. The Kier molecular flexibility index (Phi) is 6.64. The van der Waals surface area contributed by atoms with E-state index < -0.39 is 11.9 Å². The highest BCUT2D eigenvalue weighted by atomic mass is 32.2. The highest BCUT2D eigenvalue weighted by molar-refractivity contribution is 7.99. The van der Waals surface area contributed by atoms with Crippen LogP contribution in [0.15, 0.2) is 47.4 Å². The van der Waals surface area contributed by atoms with Gasteiger partial charge in [-0.05, 0) is 41.3 Å². The van der Waals surface area contributed by atoms with Gasteiger partial charge >= 0.3 is 6.08 Å². The fourth-order valence-corrected chi connectivity index (χ4v) is 3.02. The van der Waals surface area contributed by atoms with Crippen molar-refractivity contribution >= 4 is 11.8 Å². The summed E-state index contributed by atoms with van der Waals surface area (Å²) >= 11 is 1.49. The molecule has 1 heterocycles. The SMILES string of the molecule is CC(CCSc1nnnn1-c1ccccc1)CCC(F)=C(F)F. The molecule has 2 aromatic rings. The van der Waals surface area contributed by atoms with Gasteiger partial charge < -0.3 is 0 Å². The van der Waals surface area contributed by atoms with Crippen LogP contribution in [-0.4, -0.2) is 26.0 Å². The molecule has 124 valence electrons. The second-order valence-corrected chi connectivity index (χ2v) is 6.22. The molecule has 0 spiro atoms. The molecule has 0 aliphatic heterocycles. The van der Waals surface area contributed by atoms with Crippen LogP contribution in [0.5, 0.6) is 0 Å². The Bertz CT molecular complexity index is 641. The maximum absolute atomic E-state index is 12.8. The van der Waals surface area contributed by atoms with Gasteiger partial charge in [0.25, 0.3) is 0 Å². The van der Waals surface area contributed by atoms with E-state index in [9.17, 15) is 13.2 Å². The average Bonchev–Trinajstić information content (AvgIpc) is 3.01. The van der Waals surface area contributed by atoms with E-state index in [1.54, 1.807) is 4.68 Å². The number of aromatic nitrogens is 4. The number of hydrogen-bond donors (Lipinski definition) is 0. The maximum atomic E-state index is 12.8. The molecule has 0 saturated carbocycles. The van der Waals surface area contributed by atoms with Crippen LogP contribution < -0.4 is 0 Å². The van der Waals surface area contributed by atoms with Crippen LogP contribution in [0, 0.1) is 5.92 Å². The number of tetrazole rings is 1. The second-order valence-electron chi connectivity index (χ2n) is 5.16. The van der Waals surface area contributed by atoms with Gasteiger partial charge in [-0.2, -0.15) is 13.5 Å². The number of thioether (sulfide) groups is 1. The van der Waals surface area contributed by atoms with Crippen molar-refractivity contribution in [3.63, 3.8) is 0 Å². The lowest BCUT2D eigenvalue weighted by Gasteiger charge is -2.09. The van der Waals surface area contributed by atoms with Crippen molar-refractivity contribution in [2.75, 3.05) is 5.75 Å². The van der Waals surface area contributed by atoms with Gasteiger partial charge in [-0.1, -0.05) is 36.9 Å².